The number of benzene rings is 3. The average molecular weight is 430 g/mol. The smallest absolute Gasteiger partial charge is 0.161 e. The monoisotopic (exact) mass is 429 g/mol. The van der Waals surface area contributed by atoms with E-state index in [-0.39, 0.29) is 5.75 Å². The first-order valence-electron chi connectivity index (χ1n) is 9.89. The van der Waals surface area contributed by atoms with E-state index < -0.39 is 0 Å². The van der Waals surface area contributed by atoms with E-state index >= 15 is 0 Å². The van der Waals surface area contributed by atoms with Gasteiger partial charge >= 0.3 is 0 Å². The van der Waals surface area contributed by atoms with E-state index in [1.165, 1.54) is 7.11 Å². The molecule has 1 N–H and O–H groups in total. The van der Waals surface area contributed by atoms with E-state index in [0.717, 1.165) is 49.9 Å². The lowest BCUT2D eigenvalue weighted by Crippen LogP contribution is -2.00. The molecule has 0 radical (unpaired) electrons. The van der Waals surface area contributed by atoms with Crippen molar-refractivity contribution in [1.82, 2.24) is 14.8 Å². The fourth-order valence-electron chi connectivity index (χ4n) is 3.94. The van der Waals surface area contributed by atoms with Crippen LogP contribution in [0.4, 0.5) is 0 Å². The number of halogens is 1. The molecule has 0 spiro atoms. The summed E-state index contributed by atoms with van der Waals surface area (Å²) in [6.07, 6.45) is 1.85. The fourth-order valence-corrected chi connectivity index (χ4v) is 4.11. The van der Waals surface area contributed by atoms with Crippen LogP contribution in [0.25, 0.3) is 38.8 Å². The third-order valence-corrected chi connectivity index (χ3v) is 5.99. The van der Waals surface area contributed by atoms with Gasteiger partial charge in [-0.25, -0.2) is 4.68 Å². The number of methoxy groups -OCH3 is 1. The van der Waals surface area contributed by atoms with Crippen LogP contribution in [0.1, 0.15) is 11.1 Å². The fraction of sp³-hybridized carbons (Fsp3) is 0.120. The number of fused-ring (bicyclic) bond motifs is 3. The molecule has 0 saturated carbocycles. The van der Waals surface area contributed by atoms with Gasteiger partial charge in [0.05, 0.1) is 23.8 Å². The highest BCUT2D eigenvalue weighted by atomic mass is 35.5. The van der Waals surface area contributed by atoms with Crippen LogP contribution >= 0.6 is 11.6 Å². The molecule has 0 aliphatic carbocycles. The molecule has 2 heterocycles. The number of phenols is 1. The number of phenolic OH excluding ortho intramolecular Hbond substituents is 1. The number of nitrogens with zero attached hydrogens (tertiary/aromatic N) is 3. The topological polar surface area (TPSA) is 60.2 Å². The first-order valence-corrected chi connectivity index (χ1v) is 10.3. The van der Waals surface area contributed by atoms with Gasteiger partial charge in [0, 0.05) is 27.6 Å². The molecule has 5 rings (SSSR count). The maximum Gasteiger partial charge on any atom is 0.161 e. The number of hydrogen-bond donors (Lipinski definition) is 1. The van der Waals surface area contributed by atoms with E-state index in [1.54, 1.807) is 12.1 Å². The van der Waals surface area contributed by atoms with Gasteiger partial charge in [-0.2, -0.15) is 5.10 Å². The molecule has 5 nitrogen and oxygen atoms in total. The summed E-state index contributed by atoms with van der Waals surface area (Å²) in [6.45, 7) is 4.05. The minimum Gasteiger partial charge on any atom is -0.504 e. The quantitative estimate of drug-likeness (QED) is 0.369. The third kappa shape index (κ3) is 3.09. The Kier molecular flexibility index (Phi) is 4.56. The van der Waals surface area contributed by atoms with E-state index in [4.69, 9.17) is 21.4 Å². The van der Waals surface area contributed by atoms with Crippen molar-refractivity contribution in [2.75, 3.05) is 7.11 Å². The Morgan fingerprint density at radius 3 is 2.65 bits per heavy atom. The molecule has 6 heteroatoms. The van der Waals surface area contributed by atoms with Crippen LogP contribution in [-0.4, -0.2) is 27.0 Å². The Labute approximate surface area is 184 Å². The van der Waals surface area contributed by atoms with E-state index in [2.05, 4.69) is 24.0 Å². The number of hydrogen-bond acceptors (Lipinski definition) is 4. The molecule has 0 aliphatic heterocycles. The second kappa shape index (κ2) is 7.29. The van der Waals surface area contributed by atoms with Crippen molar-refractivity contribution in [3.63, 3.8) is 0 Å². The summed E-state index contributed by atoms with van der Waals surface area (Å²) in [5, 5.41) is 17.6. The van der Waals surface area contributed by atoms with Crippen molar-refractivity contribution in [2.24, 2.45) is 0 Å². The SMILES string of the molecule is COc1cc(-c2nn(-c3cccc(Cl)c3C)c3c2cnc2ccc(C)cc23)ccc1O. The zero-order chi connectivity index (χ0) is 21.7. The summed E-state index contributed by atoms with van der Waals surface area (Å²) in [5.41, 5.74) is 6.43. The molecule has 2 aromatic heterocycles. The molecule has 0 unspecified atom stereocenters. The number of aryl methyl sites for hydroxylation is 1. The average Bonchev–Trinajstić information content (AvgIpc) is 3.16. The summed E-state index contributed by atoms with van der Waals surface area (Å²) in [7, 11) is 1.53. The number of pyridine rings is 1. The number of aromatic nitrogens is 3. The molecule has 0 saturated heterocycles. The molecular formula is C25H20ClN3O2. The summed E-state index contributed by atoms with van der Waals surface area (Å²) in [6, 6.07) is 17.2. The molecule has 0 bridgehead atoms. The number of rotatable bonds is 3. The molecular weight excluding hydrogens is 410 g/mol. The van der Waals surface area contributed by atoms with Crippen molar-refractivity contribution < 1.29 is 9.84 Å². The normalized spacial score (nSPS) is 11.4. The second-order valence-electron chi connectivity index (χ2n) is 7.57. The largest absolute Gasteiger partial charge is 0.504 e. The Morgan fingerprint density at radius 2 is 1.84 bits per heavy atom. The van der Waals surface area contributed by atoms with Crippen LogP contribution in [0.3, 0.4) is 0 Å². The molecule has 0 fully saturated rings. The van der Waals surface area contributed by atoms with Gasteiger partial charge in [-0.3, -0.25) is 4.98 Å². The van der Waals surface area contributed by atoms with Gasteiger partial charge in [-0.05, 0) is 61.9 Å². The maximum atomic E-state index is 10.0. The standard InChI is InChI=1S/C25H20ClN3O2/c1-14-7-9-20-17(11-14)25-18(13-27-20)24(16-8-10-22(30)23(12-16)31-3)28-29(25)21-6-4-5-19(26)15(21)2/h4-13,30H,1-3H3. The Bertz CT molecular complexity index is 1470. The summed E-state index contributed by atoms with van der Waals surface area (Å²) < 4.78 is 7.25. The van der Waals surface area contributed by atoms with Gasteiger partial charge in [-0.15, -0.1) is 0 Å². The molecule has 0 aliphatic rings. The van der Waals surface area contributed by atoms with Crippen molar-refractivity contribution in [1.29, 1.82) is 0 Å². The van der Waals surface area contributed by atoms with Crippen LogP contribution in [0.5, 0.6) is 11.5 Å². The first-order chi connectivity index (χ1) is 15.0. The lowest BCUT2D eigenvalue weighted by molar-refractivity contribution is 0.373. The highest BCUT2D eigenvalue weighted by Crippen LogP contribution is 2.38. The van der Waals surface area contributed by atoms with E-state index in [9.17, 15) is 5.11 Å². The summed E-state index contributed by atoms with van der Waals surface area (Å²) in [4.78, 5) is 4.68. The maximum absolute atomic E-state index is 10.0. The van der Waals surface area contributed by atoms with Crippen LogP contribution in [-0.2, 0) is 0 Å². The molecule has 154 valence electrons. The van der Waals surface area contributed by atoms with Crippen molar-refractivity contribution in [3.8, 4) is 28.4 Å². The second-order valence-corrected chi connectivity index (χ2v) is 7.98. The first kappa shape index (κ1) is 19.4. The van der Waals surface area contributed by atoms with Gasteiger partial charge in [0.1, 0.15) is 5.69 Å². The lowest BCUT2D eigenvalue weighted by Gasteiger charge is -2.10. The van der Waals surface area contributed by atoms with Gasteiger partial charge in [0.25, 0.3) is 0 Å². The minimum atomic E-state index is 0.0832. The van der Waals surface area contributed by atoms with E-state index in [1.807, 2.05) is 48.1 Å². The van der Waals surface area contributed by atoms with Crippen LogP contribution < -0.4 is 4.74 Å². The Hall–Kier alpha value is -3.57. The molecule has 5 aromatic rings. The van der Waals surface area contributed by atoms with Crippen LogP contribution in [0.15, 0.2) is 60.8 Å². The van der Waals surface area contributed by atoms with E-state index in [0.29, 0.717) is 10.8 Å². The number of ether oxygens (including phenoxy) is 1. The molecule has 0 atom stereocenters. The van der Waals surface area contributed by atoms with Gasteiger partial charge < -0.3 is 9.84 Å². The third-order valence-electron chi connectivity index (χ3n) is 5.58. The van der Waals surface area contributed by atoms with Crippen molar-refractivity contribution in [2.45, 2.75) is 13.8 Å². The predicted molar refractivity (Wildman–Crippen MR) is 125 cm³/mol. The van der Waals surface area contributed by atoms with Crippen LogP contribution in [0.2, 0.25) is 5.02 Å². The van der Waals surface area contributed by atoms with Gasteiger partial charge in [0.2, 0.25) is 0 Å². The zero-order valence-corrected chi connectivity index (χ0v) is 18.1. The van der Waals surface area contributed by atoms with Crippen LogP contribution in [0, 0.1) is 13.8 Å². The predicted octanol–water partition coefficient (Wildman–Crippen LogP) is 6.23. The Balaban J connectivity index is 1.92. The van der Waals surface area contributed by atoms with Gasteiger partial charge in [0.15, 0.2) is 11.5 Å². The zero-order valence-electron chi connectivity index (χ0n) is 17.3. The summed E-state index contributed by atoms with van der Waals surface area (Å²) >= 11 is 6.44. The molecule has 31 heavy (non-hydrogen) atoms. The highest BCUT2D eigenvalue weighted by Gasteiger charge is 2.19. The van der Waals surface area contributed by atoms with Crippen molar-refractivity contribution in [3.05, 3.63) is 76.9 Å². The Morgan fingerprint density at radius 1 is 1.00 bits per heavy atom. The molecule has 3 aromatic carbocycles. The minimum absolute atomic E-state index is 0.0832. The molecule has 0 amide bonds. The summed E-state index contributed by atoms with van der Waals surface area (Å²) in [5.74, 6) is 0.476. The van der Waals surface area contributed by atoms with Gasteiger partial charge in [-0.1, -0.05) is 29.3 Å². The lowest BCUT2D eigenvalue weighted by atomic mass is 10.0. The van der Waals surface area contributed by atoms with Crippen molar-refractivity contribution >= 4 is 33.4 Å². The highest BCUT2D eigenvalue weighted by molar-refractivity contribution is 6.31. The number of aromatic hydroxyl groups is 1.